The first-order chi connectivity index (χ1) is 22.5. The fourth-order valence-corrected chi connectivity index (χ4v) is 4.96. The van der Waals surface area contributed by atoms with Gasteiger partial charge in [0.25, 0.3) is 5.91 Å². The summed E-state index contributed by atoms with van der Waals surface area (Å²) in [5, 5.41) is 5.46. The molecule has 6 rings (SSSR count). The first kappa shape index (κ1) is 29.8. The van der Waals surface area contributed by atoms with Crippen LogP contribution in [0.5, 0.6) is 11.5 Å². The minimum Gasteiger partial charge on any atom is -0.457 e. The molecule has 0 aromatic heterocycles. The Hall–Kier alpha value is -6.22. The molecule has 0 radical (unpaired) electrons. The van der Waals surface area contributed by atoms with Crippen molar-refractivity contribution < 1.29 is 23.9 Å². The van der Waals surface area contributed by atoms with E-state index in [2.05, 4.69) is 10.6 Å². The Balaban J connectivity index is 1.23. The van der Waals surface area contributed by atoms with Gasteiger partial charge in [-0.15, -0.1) is 0 Å². The Morgan fingerprint density at radius 2 is 1.33 bits per heavy atom. The number of fused-ring (bicyclic) bond motifs is 1. The maximum absolute atomic E-state index is 14.1. The summed E-state index contributed by atoms with van der Waals surface area (Å²) in [6.07, 6.45) is -2.17. The van der Waals surface area contributed by atoms with E-state index in [1.165, 1.54) is 4.90 Å². The third-order valence-corrected chi connectivity index (χ3v) is 7.14. The molecule has 0 fully saturated rings. The smallest absolute Gasteiger partial charge is 0.409 e. The van der Waals surface area contributed by atoms with E-state index < -0.39 is 24.1 Å². The fourth-order valence-electron chi connectivity index (χ4n) is 4.96. The molecular weight excluding hydrogens is 580 g/mol. The summed E-state index contributed by atoms with van der Waals surface area (Å²) in [7, 11) is 0. The van der Waals surface area contributed by atoms with Crippen molar-refractivity contribution in [2.45, 2.75) is 12.8 Å². The van der Waals surface area contributed by atoms with Gasteiger partial charge in [0.2, 0.25) is 12.1 Å². The van der Waals surface area contributed by atoms with Gasteiger partial charge in [-0.1, -0.05) is 97.1 Å². The molecule has 1 aliphatic heterocycles. The van der Waals surface area contributed by atoms with Gasteiger partial charge in [-0.2, -0.15) is 0 Å². The van der Waals surface area contributed by atoms with Gasteiger partial charge in [0.15, 0.2) is 0 Å². The number of aliphatic imine (C=N–C) groups is 1. The average molecular weight is 611 g/mol. The number of carbonyl (C=O) groups is 3. The van der Waals surface area contributed by atoms with Crippen molar-refractivity contribution in [3.63, 3.8) is 0 Å². The number of ether oxygens (including phenoxy) is 2. The zero-order chi connectivity index (χ0) is 31.7. The molecule has 3 amide bonds. The fraction of sp³-hybridized carbons (Fsp3) is 0.0811. The number of benzodiazepines with no additional fused rings is 1. The third kappa shape index (κ3) is 7.28. The minimum absolute atomic E-state index is 0.0182. The van der Waals surface area contributed by atoms with E-state index in [0.717, 1.165) is 11.1 Å². The van der Waals surface area contributed by atoms with Gasteiger partial charge in [-0.25, -0.2) is 9.79 Å². The van der Waals surface area contributed by atoms with E-state index in [0.29, 0.717) is 34.1 Å². The molecule has 1 aliphatic rings. The number of carbonyl (C=O) groups excluding carboxylic acids is 3. The molecule has 9 nitrogen and oxygen atoms in total. The van der Waals surface area contributed by atoms with Crippen LogP contribution < -0.4 is 20.3 Å². The molecule has 0 saturated heterocycles. The van der Waals surface area contributed by atoms with Crippen LogP contribution in [0.1, 0.15) is 16.7 Å². The second kappa shape index (κ2) is 14.0. The number of nitrogens with one attached hydrogen (secondary N) is 2. The van der Waals surface area contributed by atoms with Gasteiger partial charge >= 0.3 is 6.09 Å². The van der Waals surface area contributed by atoms with E-state index in [-0.39, 0.29) is 13.2 Å². The van der Waals surface area contributed by atoms with Gasteiger partial charge in [0, 0.05) is 16.8 Å². The lowest BCUT2D eigenvalue weighted by Crippen LogP contribution is -2.49. The van der Waals surface area contributed by atoms with Crippen molar-refractivity contribution in [3.05, 3.63) is 156 Å². The molecule has 0 spiro atoms. The molecule has 2 N–H and O–H groups in total. The Kier molecular flexibility index (Phi) is 9.11. The van der Waals surface area contributed by atoms with E-state index in [1.807, 2.05) is 103 Å². The zero-order valence-electron chi connectivity index (χ0n) is 24.7. The van der Waals surface area contributed by atoms with Crippen LogP contribution in [0.2, 0.25) is 0 Å². The highest BCUT2D eigenvalue weighted by atomic mass is 16.5. The van der Waals surface area contributed by atoms with Crippen LogP contribution in [0.4, 0.5) is 16.2 Å². The molecule has 1 unspecified atom stereocenters. The molecule has 9 heteroatoms. The Morgan fingerprint density at radius 3 is 2.04 bits per heavy atom. The van der Waals surface area contributed by atoms with Crippen LogP contribution >= 0.6 is 0 Å². The van der Waals surface area contributed by atoms with Crippen molar-refractivity contribution in [2.75, 3.05) is 16.8 Å². The number of nitrogens with zero attached hydrogens (tertiary/aromatic N) is 2. The van der Waals surface area contributed by atoms with Crippen LogP contribution in [-0.2, 0) is 20.9 Å². The summed E-state index contributed by atoms with van der Waals surface area (Å²) >= 11 is 0. The summed E-state index contributed by atoms with van der Waals surface area (Å²) < 4.78 is 11.2. The van der Waals surface area contributed by atoms with Crippen molar-refractivity contribution >= 4 is 35.0 Å². The molecule has 46 heavy (non-hydrogen) atoms. The molecule has 1 atom stereocenters. The van der Waals surface area contributed by atoms with Crippen molar-refractivity contribution in [2.24, 2.45) is 4.99 Å². The first-order valence-electron chi connectivity index (χ1n) is 14.7. The number of hydrogen-bond acceptors (Lipinski definition) is 6. The summed E-state index contributed by atoms with van der Waals surface area (Å²) in [6, 6.07) is 42.1. The highest BCUT2D eigenvalue weighted by molar-refractivity contribution is 6.21. The minimum atomic E-state index is -1.35. The highest BCUT2D eigenvalue weighted by Crippen LogP contribution is 2.29. The van der Waals surface area contributed by atoms with Crippen LogP contribution in [0.15, 0.2) is 145 Å². The maximum Gasteiger partial charge on any atom is 0.409 e. The lowest BCUT2D eigenvalue weighted by atomic mass is 10.0. The number of rotatable bonds is 9. The number of benzene rings is 5. The van der Waals surface area contributed by atoms with Crippen molar-refractivity contribution in [1.82, 2.24) is 5.32 Å². The second-order valence-electron chi connectivity index (χ2n) is 10.4. The largest absolute Gasteiger partial charge is 0.457 e. The second-order valence-corrected chi connectivity index (χ2v) is 10.4. The van der Waals surface area contributed by atoms with Crippen molar-refractivity contribution in [3.8, 4) is 11.5 Å². The summed E-state index contributed by atoms with van der Waals surface area (Å²) in [6.45, 7) is -0.308. The number of amides is 3. The summed E-state index contributed by atoms with van der Waals surface area (Å²) in [5.41, 5.74) is 3.69. The molecule has 0 aliphatic carbocycles. The van der Waals surface area contributed by atoms with E-state index >= 15 is 0 Å². The normalized spacial score (nSPS) is 13.9. The molecule has 228 valence electrons. The Labute approximate surface area is 266 Å². The van der Waals surface area contributed by atoms with Gasteiger partial charge < -0.3 is 14.8 Å². The standard InChI is InChI=1S/C37H30N4O5/c42-33(38-28-20-22-30(23-21-28)46-29-16-8-3-9-17-29)24-41-32-19-11-10-18-31(32)34(27-14-6-2-7-15-27)39-35(36(41)43)40-37(44)45-25-26-12-4-1-5-13-26/h1-23,35H,24-25H2,(H,38,42)(H,40,44). The number of para-hydroxylation sites is 2. The van der Waals surface area contributed by atoms with Crippen molar-refractivity contribution in [1.29, 1.82) is 0 Å². The topological polar surface area (TPSA) is 109 Å². The molecule has 0 saturated carbocycles. The number of anilines is 2. The Bertz CT molecular complexity index is 1850. The first-order valence-corrected chi connectivity index (χ1v) is 14.7. The zero-order valence-corrected chi connectivity index (χ0v) is 24.7. The summed E-state index contributed by atoms with van der Waals surface area (Å²) in [4.78, 5) is 46.4. The Morgan fingerprint density at radius 1 is 0.717 bits per heavy atom. The molecule has 5 aromatic rings. The molecule has 5 aromatic carbocycles. The van der Waals surface area contributed by atoms with Crippen LogP contribution in [0, 0.1) is 0 Å². The van der Waals surface area contributed by atoms with Crippen LogP contribution in [0.3, 0.4) is 0 Å². The molecular formula is C37H30N4O5. The SMILES string of the molecule is O=C(CN1C(=O)C(NC(=O)OCc2ccccc2)N=C(c2ccccc2)c2ccccc21)Nc1ccc(Oc2ccccc2)cc1. The average Bonchev–Trinajstić information content (AvgIpc) is 3.20. The van der Waals surface area contributed by atoms with Gasteiger partial charge in [-0.05, 0) is 48.0 Å². The van der Waals surface area contributed by atoms with Gasteiger partial charge in [-0.3, -0.25) is 19.8 Å². The van der Waals surface area contributed by atoms with Crippen LogP contribution in [0.25, 0.3) is 0 Å². The molecule has 0 bridgehead atoms. The quantitative estimate of drug-likeness (QED) is 0.197. The lowest BCUT2D eigenvalue weighted by Gasteiger charge is -2.25. The van der Waals surface area contributed by atoms with Gasteiger partial charge in [0.1, 0.15) is 24.7 Å². The monoisotopic (exact) mass is 610 g/mol. The molecule has 1 heterocycles. The summed E-state index contributed by atoms with van der Waals surface area (Å²) in [5.74, 6) is 0.284. The number of hydrogen-bond donors (Lipinski definition) is 2. The van der Waals surface area contributed by atoms with Crippen LogP contribution in [-0.4, -0.2) is 36.3 Å². The van der Waals surface area contributed by atoms with E-state index in [9.17, 15) is 14.4 Å². The highest BCUT2D eigenvalue weighted by Gasteiger charge is 2.34. The van der Waals surface area contributed by atoms with E-state index in [1.54, 1.807) is 36.4 Å². The predicted octanol–water partition coefficient (Wildman–Crippen LogP) is 6.55. The maximum atomic E-state index is 14.1. The van der Waals surface area contributed by atoms with Gasteiger partial charge in [0.05, 0.1) is 11.4 Å². The lowest BCUT2D eigenvalue weighted by molar-refractivity contribution is -0.122. The van der Waals surface area contributed by atoms with E-state index in [4.69, 9.17) is 14.5 Å². The third-order valence-electron chi connectivity index (χ3n) is 7.14. The predicted molar refractivity (Wildman–Crippen MR) is 176 cm³/mol. The number of alkyl carbamates (subject to hydrolysis) is 1.